The van der Waals surface area contributed by atoms with E-state index >= 15 is 0 Å². The van der Waals surface area contributed by atoms with Gasteiger partial charge in [-0.05, 0) is 30.5 Å². The molecule has 1 aromatic carbocycles. The third kappa shape index (κ3) is 5.24. The van der Waals surface area contributed by atoms with Crippen LogP contribution in [0.3, 0.4) is 0 Å². The first-order valence-corrected chi connectivity index (χ1v) is 9.44. The van der Waals surface area contributed by atoms with E-state index in [1.54, 1.807) is 30.0 Å². The van der Waals surface area contributed by atoms with Crippen LogP contribution in [0.15, 0.2) is 35.7 Å². The average Bonchev–Trinajstić information content (AvgIpc) is 3.08. The first-order valence-electron chi connectivity index (χ1n) is 7.41. The van der Waals surface area contributed by atoms with Crippen molar-refractivity contribution in [1.29, 1.82) is 0 Å². The number of thioether (sulfide) groups is 1. The average molecular weight is 366 g/mol. The number of rotatable bonds is 9. The summed E-state index contributed by atoms with van der Waals surface area (Å²) < 4.78 is 5.21. The van der Waals surface area contributed by atoms with Crippen molar-refractivity contribution in [3.8, 4) is 5.75 Å². The van der Waals surface area contributed by atoms with E-state index < -0.39 is 4.92 Å². The highest BCUT2D eigenvalue weighted by Gasteiger charge is 2.18. The van der Waals surface area contributed by atoms with Crippen LogP contribution < -0.4 is 10.1 Å². The van der Waals surface area contributed by atoms with Crippen LogP contribution in [0.2, 0.25) is 0 Å². The smallest absolute Gasteiger partial charge is 0.311 e. The monoisotopic (exact) mass is 366 g/mol. The first-order chi connectivity index (χ1) is 11.6. The zero-order chi connectivity index (χ0) is 17.4. The second kappa shape index (κ2) is 9.29. The van der Waals surface area contributed by atoms with Crippen molar-refractivity contribution < 1.29 is 14.5 Å². The Balaban J connectivity index is 1.85. The topological polar surface area (TPSA) is 81.5 Å². The van der Waals surface area contributed by atoms with Crippen molar-refractivity contribution in [3.05, 3.63) is 56.3 Å². The lowest BCUT2D eigenvalue weighted by Gasteiger charge is -2.07. The van der Waals surface area contributed by atoms with Crippen LogP contribution in [0.5, 0.6) is 5.75 Å². The molecule has 0 aliphatic carbocycles. The zero-order valence-electron chi connectivity index (χ0n) is 13.2. The predicted octanol–water partition coefficient (Wildman–Crippen LogP) is 3.72. The van der Waals surface area contributed by atoms with E-state index in [1.165, 1.54) is 23.1 Å². The molecule has 0 aliphatic heterocycles. The molecule has 1 amide bonds. The summed E-state index contributed by atoms with van der Waals surface area (Å²) in [5.74, 6) is 1.55. The Kier molecular flexibility index (Phi) is 7.07. The van der Waals surface area contributed by atoms with Crippen molar-refractivity contribution in [2.24, 2.45) is 0 Å². The Hall–Kier alpha value is -2.06. The summed E-state index contributed by atoms with van der Waals surface area (Å²) in [6, 6.07) is 8.34. The minimum Gasteiger partial charge on any atom is -0.487 e. The van der Waals surface area contributed by atoms with E-state index in [9.17, 15) is 14.9 Å². The Labute approximate surface area is 148 Å². The van der Waals surface area contributed by atoms with Gasteiger partial charge in [-0.2, -0.15) is 11.8 Å². The molecule has 0 radical (unpaired) electrons. The Morgan fingerprint density at radius 3 is 2.92 bits per heavy atom. The number of carbonyl (C=O) groups is 1. The van der Waals surface area contributed by atoms with Crippen LogP contribution in [0.25, 0.3) is 0 Å². The highest BCUT2D eigenvalue weighted by Crippen LogP contribution is 2.28. The van der Waals surface area contributed by atoms with Gasteiger partial charge < -0.3 is 10.1 Å². The maximum Gasteiger partial charge on any atom is 0.311 e. The van der Waals surface area contributed by atoms with E-state index in [4.69, 9.17) is 4.74 Å². The fourth-order valence-corrected chi connectivity index (χ4v) is 3.68. The molecule has 128 valence electrons. The minimum atomic E-state index is -0.543. The number of amides is 1. The van der Waals surface area contributed by atoms with Crippen LogP contribution in [0, 0.1) is 10.1 Å². The number of nitrogens with one attached hydrogen (secondary N) is 1. The lowest BCUT2D eigenvalue weighted by Crippen LogP contribution is -2.25. The van der Waals surface area contributed by atoms with Gasteiger partial charge in [-0.25, -0.2) is 0 Å². The molecule has 1 aromatic heterocycles. The van der Waals surface area contributed by atoms with Crippen LogP contribution in [0.4, 0.5) is 5.69 Å². The van der Waals surface area contributed by atoms with Crippen LogP contribution in [-0.2, 0) is 5.75 Å². The molecule has 8 heteroatoms. The van der Waals surface area contributed by atoms with E-state index in [0.717, 1.165) is 11.5 Å². The SMILES string of the molecule is CCOc1ccc(C(=O)NCCSCc2cccs2)cc1[N+](=O)[O-]. The summed E-state index contributed by atoms with van der Waals surface area (Å²) in [6.07, 6.45) is 0. The van der Waals surface area contributed by atoms with Crippen molar-refractivity contribution in [1.82, 2.24) is 5.32 Å². The van der Waals surface area contributed by atoms with E-state index in [0.29, 0.717) is 13.2 Å². The molecule has 1 heterocycles. The molecule has 0 fully saturated rings. The standard InChI is InChI=1S/C16H18N2O4S2/c1-2-22-15-6-5-12(10-14(15)18(20)21)16(19)17-7-9-23-11-13-4-3-8-24-13/h3-6,8,10H,2,7,9,11H2,1H3,(H,17,19). The second-order valence-corrected chi connectivity index (χ2v) is 6.90. The van der Waals surface area contributed by atoms with Gasteiger partial charge in [0.1, 0.15) is 0 Å². The number of hydrogen-bond acceptors (Lipinski definition) is 6. The van der Waals surface area contributed by atoms with Gasteiger partial charge in [0.05, 0.1) is 11.5 Å². The minimum absolute atomic E-state index is 0.172. The maximum atomic E-state index is 12.1. The summed E-state index contributed by atoms with van der Waals surface area (Å²) in [6.45, 7) is 2.59. The lowest BCUT2D eigenvalue weighted by atomic mass is 10.1. The summed E-state index contributed by atoms with van der Waals surface area (Å²) >= 11 is 3.44. The summed E-state index contributed by atoms with van der Waals surface area (Å²) in [7, 11) is 0. The molecule has 0 bridgehead atoms. The van der Waals surface area contributed by atoms with E-state index in [1.807, 2.05) is 11.4 Å². The van der Waals surface area contributed by atoms with Gasteiger partial charge in [0.15, 0.2) is 5.75 Å². The number of nitro benzene ring substituents is 1. The highest BCUT2D eigenvalue weighted by atomic mass is 32.2. The number of nitro groups is 1. The lowest BCUT2D eigenvalue weighted by molar-refractivity contribution is -0.385. The van der Waals surface area contributed by atoms with E-state index in [2.05, 4.69) is 11.4 Å². The number of ether oxygens (including phenoxy) is 1. The fraction of sp³-hybridized carbons (Fsp3) is 0.312. The van der Waals surface area contributed by atoms with Gasteiger partial charge in [-0.15, -0.1) is 11.3 Å². The molecule has 0 saturated heterocycles. The van der Waals surface area contributed by atoms with Crippen LogP contribution in [0.1, 0.15) is 22.2 Å². The van der Waals surface area contributed by atoms with Gasteiger partial charge in [0.25, 0.3) is 5.91 Å². The predicted molar refractivity (Wildman–Crippen MR) is 97.1 cm³/mol. The van der Waals surface area contributed by atoms with Crippen LogP contribution >= 0.6 is 23.1 Å². The third-order valence-electron chi connectivity index (χ3n) is 3.07. The molecule has 0 spiro atoms. The maximum absolute atomic E-state index is 12.1. The Bertz CT molecular complexity index is 689. The molecule has 0 saturated carbocycles. The molecule has 2 rings (SSSR count). The zero-order valence-corrected chi connectivity index (χ0v) is 14.8. The molecule has 24 heavy (non-hydrogen) atoms. The van der Waals surface area contributed by atoms with E-state index in [-0.39, 0.29) is 22.9 Å². The second-order valence-electron chi connectivity index (χ2n) is 4.76. The number of benzene rings is 1. The Morgan fingerprint density at radius 2 is 2.25 bits per heavy atom. The summed E-state index contributed by atoms with van der Waals surface area (Å²) in [5.41, 5.74) is 0.0602. The first kappa shape index (κ1) is 18.3. The van der Waals surface area contributed by atoms with Gasteiger partial charge in [0, 0.05) is 34.6 Å². The normalized spacial score (nSPS) is 10.4. The number of hydrogen-bond donors (Lipinski definition) is 1. The highest BCUT2D eigenvalue weighted by molar-refractivity contribution is 7.98. The molecule has 1 N–H and O–H groups in total. The van der Waals surface area contributed by atoms with Crippen LogP contribution in [-0.4, -0.2) is 29.7 Å². The van der Waals surface area contributed by atoms with Gasteiger partial charge >= 0.3 is 5.69 Å². The van der Waals surface area contributed by atoms with Gasteiger partial charge in [0.2, 0.25) is 0 Å². The molecule has 0 aliphatic rings. The quantitative estimate of drug-likeness (QED) is 0.415. The number of nitrogens with zero attached hydrogens (tertiary/aromatic N) is 1. The molecular formula is C16H18N2O4S2. The largest absolute Gasteiger partial charge is 0.487 e. The van der Waals surface area contributed by atoms with Crippen molar-refractivity contribution in [2.75, 3.05) is 18.9 Å². The molecule has 2 aromatic rings. The van der Waals surface area contributed by atoms with Crippen molar-refractivity contribution in [2.45, 2.75) is 12.7 Å². The van der Waals surface area contributed by atoms with Gasteiger partial charge in [-0.3, -0.25) is 14.9 Å². The van der Waals surface area contributed by atoms with Crippen molar-refractivity contribution >= 4 is 34.7 Å². The number of carbonyl (C=O) groups excluding carboxylic acids is 1. The third-order valence-corrected chi connectivity index (χ3v) is 5.14. The summed E-state index contributed by atoms with van der Waals surface area (Å²) in [5, 5.41) is 15.9. The Morgan fingerprint density at radius 1 is 1.42 bits per heavy atom. The number of thiophene rings is 1. The molecule has 6 nitrogen and oxygen atoms in total. The fourth-order valence-electron chi connectivity index (χ4n) is 1.99. The van der Waals surface area contributed by atoms with Crippen molar-refractivity contribution in [3.63, 3.8) is 0 Å². The summed E-state index contributed by atoms with van der Waals surface area (Å²) in [4.78, 5) is 23.9. The van der Waals surface area contributed by atoms with Gasteiger partial charge in [-0.1, -0.05) is 6.07 Å². The molecule has 0 atom stereocenters. The molecule has 0 unspecified atom stereocenters. The molecular weight excluding hydrogens is 348 g/mol.